The van der Waals surface area contributed by atoms with Gasteiger partial charge in [-0.05, 0) is 18.1 Å². The van der Waals surface area contributed by atoms with Gasteiger partial charge in [-0.2, -0.15) is 0 Å². The molecular formula is C27H22N4. The first kappa shape index (κ1) is 18.9. The zero-order valence-electron chi connectivity index (χ0n) is 17.2. The first-order valence-electron chi connectivity index (χ1n) is 10.4. The number of hydrogen-bond donors (Lipinski definition) is 1. The molecule has 0 fully saturated rings. The molecule has 1 aliphatic rings. The molecule has 4 heteroatoms. The van der Waals surface area contributed by atoms with Crippen molar-refractivity contribution in [2.75, 3.05) is 0 Å². The van der Waals surface area contributed by atoms with Crippen LogP contribution in [0.4, 0.5) is 0 Å². The van der Waals surface area contributed by atoms with Gasteiger partial charge in [0.05, 0.1) is 0 Å². The van der Waals surface area contributed by atoms with E-state index in [1.54, 1.807) is 0 Å². The maximum Gasteiger partial charge on any atom is 0.164 e. The van der Waals surface area contributed by atoms with Gasteiger partial charge in [0.15, 0.2) is 17.5 Å². The van der Waals surface area contributed by atoms with Crippen LogP contribution < -0.4 is 5.32 Å². The molecule has 5 rings (SSSR count). The molecule has 2 heterocycles. The van der Waals surface area contributed by atoms with Crippen molar-refractivity contribution in [2.24, 2.45) is 0 Å². The van der Waals surface area contributed by atoms with Gasteiger partial charge in [0, 0.05) is 28.9 Å². The Morgan fingerprint density at radius 2 is 1.03 bits per heavy atom. The fraction of sp³-hybridized carbons (Fsp3) is 0.0741. The van der Waals surface area contributed by atoms with Gasteiger partial charge in [-0.25, -0.2) is 15.0 Å². The summed E-state index contributed by atoms with van der Waals surface area (Å²) in [6.07, 6.45) is 6.37. The van der Waals surface area contributed by atoms with E-state index in [9.17, 15) is 0 Å². The molecule has 1 N–H and O–H groups in total. The van der Waals surface area contributed by atoms with Gasteiger partial charge < -0.3 is 5.32 Å². The molecule has 0 spiro atoms. The number of hydrogen-bond acceptors (Lipinski definition) is 4. The van der Waals surface area contributed by atoms with E-state index in [2.05, 4.69) is 54.9 Å². The molecule has 1 aliphatic heterocycles. The average Bonchev–Trinajstić information content (AvgIpc) is 2.85. The highest BCUT2D eigenvalue weighted by atomic mass is 15.0. The number of dihydropyridines is 1. The van der Waals surface area contributed by atoms with Crippen molar-refractivity contribution >= 4 is 5.57 Å². The lowest BCUT2D eigenvalue weighted by molar-refractivity contribution is 0.764. The largest absolute Gasteiger partial charge is 0.384 e. The molecule has 1 aromatic heterocycles. The Balaban J connectivity index is 1.56. The van der Waals surface area contributed by atoms with Gasteiger partial charge in [0.1, 0.15) is 0 Å². The van der Waals surface area contributed by atoms with Crippen LogP contribution in [0.15, 0.2) is 103 Å². The average molecular weight is 403 g/mol. The molecule has 31 heavy (non-hydrogen) atoms. The molecule has 0 radical (unpaired) electrons. The third-order valence-corrected chi connectivity index (χ3v) is 5.24. The van der Waals surface area contributed by atoms with Crippen molar-refractivity contribution in [3.8, 4) is 34.2 Å². The fourth-order valence-electron chi connectivity index (χ4n) is 3.50. The highest BCUT2D eigenvalue weighted by molar-refractivity contribution is 5.76. The van der Waals surface area contributed by atoms with Gasteiger partial charge in [-0.15, -0.1) is 0 Å². The van der Waals surface area contributed by atoms with Crippen molar-refractivity contribution in [1.82, 2.24) is 20.3 Å². The fourth-order valence-corrected chi connectivity index (χ4v) is 3.50. The highest BCUT2D eigenvalue weighted by Gasteiger charge is 2.12. The first-order valence-corrected chi connectivity index (χ1v) is 10.4. The molecule has 3 aromatic carbocycles. The van der Waals surface area contributed by atoms with Crippen LogP contribution in [-0.2, 0) is 0 Å². The van der Waals surface area contributed by atoms with Crippen LogP contribution in [0.2, 0.25) is 0 Å². The minimum atomic E-state index is 0.362. The molecule has 0 saturated carbocycles. The molecule has 150 valence electrons. The Hall–Kier alpha value is -4.05. The predicted octanol–water partition coefficient (Wildman–Crippen LogP) is 5.76. The van der Waals surface area contributed by atoms with Crippen molar-refractivity contribution in [2.45, 2.75) is 13.0 Å². The minimum Gasteiger partial charge on any atom is -0.384 e. The Bertz CT molecular complexity index is 1190. The maximum absolute atomic E-state index is 4.79. The van der Waals surface area contributed by atoms with Crippen molar-refractivity contribution in [3.05, 3.63) is 109 Å². The van der Waals surface area contributed by atoms with Crippen molar-refractivity contribution in [1.29, 1.82) is 0 Å². The van der Waals surface area contributed by atoms with Gasteiger partial charge in [-0.1, -0.05) is 97.1 Å². The van der Waals surface area contributed by atoms with E-state index in [4.69, 9.17) is 15.0 Å². The van der Waals surface area contributed by atoms with Crippen LogP contribution in [-0.4, -0.2) is 21.0 Å². The minimum absolute atomic E-state index is 0.362. The Morgan fingerprint density at radius 3 is 1.48 bits per heavy atom. The quantitative estimate of drug-likeness (QED) is 0.471. The highest BCUT2D eigenvalue weighted by Crippen LogP contribution is 2.26. The van der Waals surface area contributed by atoms with E-state index in [1.807, 2.05) is 60.7 Å². The summed E-state index contributed by atoms with van der Waals surface area (Å²) in [6, 6.07) is 28.8. The molecule has 0 amide bonds. The lowest BCUT2D eigenvalue weighted by Gasteiger charge is -2.15. The summed E-state index contributed by atoms with van der Waals surface area (Å²) < 4.78 is 0. The number of aromatic nitrogens is 3. The zero-order chi connectivity index (χ0) is 21.0. The zero-order valence-corrected chi connectivity index (χ0v) is 17.2. The van der Waals surface area contributed by atoms with Crippen molar-refractivity contribution in [3.63, 3.8) is 0 Å². The van der Waals surface area contributed by atoms with E-state index in [1.165, 1.54) is 0 Å². The second kappa shape index (κ2) is 8.36. The summed E-state index contributed by atoms with van der Waals surface area (Å²) in [5, 5.41) is 3.35. The van der Waals surface area contributed by atoms with Gasteiger partial charge in [-0.3, -0.25) is 0 Å². The number of rotatable bonds is 4. The molecule has 0 aliphatic carbocycles. The molecule has 1 unspecified atom stereocenters. The number of allylic oxidation sites excluding steroid dienone is 2. The molecule has 4 aromatic rings. The van der Waals surface area contributed by atoms with E-state index < -0.39 is 0 Å². The normalized spacial score (nSPS) is 15.3. The summed E-state index contributed by atoms with van der Waals surface area (Å²) in [6.45, 7) is 2.13. The Kier molecular flexibility index (Phi) is 5.11. The smallest absolute Gasteiger partial charge is 0.164 e. The van der Waals surface area contributed by atoms with E-state index >= 15 is 0 Å². The molecular weight excluding hydrogens is 380 g/mol. The van der Waals surface area contributed by atoms with Crippen LogP contribution in [0.1, 0.15) is 12.5 Å². The molecule has 1 atom stereocenters. The third kappa shape index (κ3) is 4.14. The number of benzene rings is 3. The Labute approximate surface area is 182 Å². The van der Waals surface area contributed by atoms with Crippen LogP contribution in [0, 0.1) is 0 Å². The Morgan fingerprint density at radius 1 is 0.581 bits per heavy atom. The van der Waals surface area contributed by atoms with E-state index in [0.717, 1.165) is 27.8 Å². The van der Waals surface area contributed by atoms with E-state index in [-0.39, 0.29) is 0 Å². The predicted molar refractivity (Wildman–Crippen MR) is 126 cm³/mol. The van der Waals surface area contributed by atoms with Crippen LogP contribution in [0.5, 0.6) is 0 Å². The van der Waals surface area contributed by atoms with Gasteiger partial charge >= 0.3 is 0 Å². The second-order valence-electron chi connectivity index (χ2n) is 7.53. The maximum atomic E-state index is 4.79. The monoisotopic (exact) mass is 402 g/mol. The van der Waals surface area contributed by atoms with Crippen LogP contribution in [0.25, 0.3) is 39.7 Å². The number of nitrogens with zero attached hydrogens (tertiary/aromatic N) is 3. The van der Waals surface area contributed by atoms with E-state index in [0.29, 0.717) is 23.5 Å². The lowest BCUT2D eigenvalue weighted by Crippen LogP contribution is -2.20. The molecule has 0 bridgehead atoms. The third-order valence-electron chi connectivity index (χ3n) is 5.24. The molecule has 0 saturated heterocycles. The lowest BCUT2D eigenvalue weighted by atomic mass is 10.0. The molecule has 4 nitrogen and oxygen atoms in total. The summed E-state index contributed by atoms with van der Waals surface area (Å²) >= 11 is 0. The summed E-state index contributed by atoms with van der Waals surface area (Å²) in [5.41, 5.74) is 5.22. The standard InChI is InChI=1S/C27H22N4/c1-19-12-13-24(18-28-19)20-14-16-23(17-15-20)27-30-25(21-8-4-2-5-9-21)29-26(31-27)22-10-6-3-7-11-22/h2-19,28H,1H3. The summed E-state index contributed by atoms with van der Waals surface area (Å²) in [5.74, 6) is 2.01. The summed E-state index contributed by atoms with van der Waals surface area (Å²) in [4.78, 5) is 14.3. The first-order chi connectivity index (χ1) is 15.3. The SMILES string of the molecule is CC1C=CC(c2ccc(-c3nc(-c4ccccc4)nc(-c4ccccc4)n3)cc2)=CN1. The second-order valence-corrected chi connectivity index (χ2v) is 7.53. The topological polar surface area (TPSA) is 50.7 Å². The van der Waals surface area contributed by atoms with Gasteiger partial charge in [0.2, 0.25) is 0 Å². The van der Waals surface area contributed by atoms with Gasteiger partial charge in [0.25, 0.3) is 0 Å². The number of nitrogens with one attached hydrogen (secondary N) is 1. The van der Waals surface area contributed by atoms with Crippen molar-refractivity contribution < 1.29 is 0 Å². The van der Waals surface area contributed by atoms with Crippen LogP contribution >= 0.6 is 0 Å². The summed E-state index contributed by atoms with van der Waals surface area (Å²) in [7, 11) is 0. The van der Waals surface area contributed by atoms with Crippen LogP contribution in [0.3, 0.4) is 0 Å².